The topological polar surface area (TPSA) is 40.6 Å². The summed E-state index contributed by atoms with van der Waals surface area (Å²) in [5.41, 5.74) is 0. The fraction of sp³-hybridized carbons (Fsp3) is 0.857. The van der Waals surface area contributed by atoms with Crippen LogP contribution in [0.2, 0.25) is 0 Å². The summed E-state index contributed by atoms with van der Waals surface area (Å²) in [6.07, 6.45) is -1.98. The van der Waals surface area contributed by atoms with E-state index in [9.17, 15) is 22.8 Å². The predicted octanol–water partition coefficient (Wildman–Crippen LogP) is 2.05. The van der Waals surface area contributed by atoms with Crippen LogP contribution < -0.4 is 0 Å². The van der Waals surface area contributed by atoms with Crippen molar-refractivity contribution < 1.29 is 22.8 Å². The molecule has 0 aromatic rings. The van der Waals surface area contributed by atoms with E-state index in [1.54, 1.807) is 4.90 Å². The summed E-state index contributed by atoms with van der Waals surface area (Å²) in [6, 6.07) is 0. The fourth-order valence-corrected chi connectivity index (χ4v) is 3.03. The zero-order valence-electron chi connectivity index (χ0n) is 12.2. The van der Waals surface area contributed by atoms with Crippen LogP contribution in [0, 0.1) is 11.8 Å². The Kier molecular flexibility index (Phi) is 4.78. The van der Waals surface area contributed by atoms with Gasteiger partial charge in [0.2, 0.25) is 5.91 Å². The first-order valence-corrected chi connectivity index (χ1v) is 7.44. The van der Waals surface area contributed by atoms with Crippen LogP contribution in [0.25, 0.3) is 0 Å². The first kappa shape index (κ1) is 16.1. The van der Waals surface area contributed by atoms with Crippen molar-refractivity contribution in [3.05, 3.63) is 0 Å². The maximum absolute atomic E-state index is 12.5. The average molecular weight is 306 g/mol. The monoisotopic (exact) mass is 306 g/mol. The minimum Gasteiger partial charge on any atom is -0.342 e. The molecular weight excluding hydrogens is 285 g/mol. The zero-order chi connectivity index (χ0) is 15.6. The van der Waals surface area contributed by atoms with Gasteiger partial charge in [-0.2, -0.15) is 13.2 Å². The largest absolute Gasteiger partial charge is 0.471 e. The van der Waals surface area contributed by atoms with E-state index in [0.717, 1.165) is 17.7 Å². The molecule has 0 aromatic carbocycles. The van der Waals surface area contributed by atoms with Crippen LogP contribution in [-0.2, 0) is 9.59 Å². The lowest BCUT2D eigenvalue weighted by atomic mass is 9.93. The fourth-order valence-electron chi connectivity index (χ4n) is 3.03. The Morgan fingerprint density at radius 1 is 1.00 bits per heavy atom. The lowest BCUT2D eigenvalue weighted by Gasteiger charge is -2.37. The SMILES string of the molecule is CC1CCN(C(=O)C2CCCN(C(=O)C(F)(F)F)C2)CC1. The first-order chi connectivity index (χ1) is 9.79. The molecule has 21 heavy (non-hydrogen) atoms. The number of hydrogen-bond acceptors (Lipinski definition) is 2. The summed E-state index contributed by atoms with van der Waals surface area (Å²) in [6.45, 7) is 3.45. The van der Waals surface area contributed by atoms with E-state index in [-0.39, 0.29) is 19.0 Å². The highest BCUT2D eigenvalue weighted by Gasteiger charge is 2.44. The van der Waals surface area contributed by atoms with Crippen LogP contribution >= 0.6 is 0 Å². The third-order valence-electron chi connectivity index (χ3n) is 4.40. The van der Waals surface area contributed by atoms with Crippen molar-refractivity contribution in [2.45, 2.75) is 38.8 Å². The molecule has 2 rings (SSSR count). The second kappa shape index (κ2) is 6.23. The molecule has 2 aliphatic heterocycles. The molecule has 0 N–H and O–H groups in total. The summed E-state index contributed by atoms with van der Waals surface area (Å²) < 4.78 is 37.4. The molecule has 2 heterocycles. The van der Waals surface area contributed by atoms with Crippen LogP contribution in [0.3, 0.4) is 0 Å². The van der Waals surface area contributed by atoms with Gasteiger partial charge in [0, 0.05) is 26.2 Å². The van der Waals surface area contributed by atoms with Crippen LogP contribution in [0.4, 0.5) is 13.2 Å². The van der Waals surface area contributed by atoms with Gasteiger partial charge in [0.15, 0.2) is 0 Å². The number of hydrogen-bond donors (Lipinski definition) is 0. The van der Waals surface area contributed by atoms with Crippen molar-refractivity contribution in [3.63, 3.8) is 0 Å². The summed E-state index contributed by atoms with van der Waals surface area (Å²) in [5, 5.41) is 0. The van der Waals surface area contributed by atoms with E-state index in [2.05, 4.69) is 6.92 Å². The second-order valence-electron chi connectivity index (χ2n) is 6.10. The summed E-state index contributed by atoms with van der Waals surface area (Å²) in [5.74, 6) is -1.82. The molecule has 1 atom stereocenters. The quantitative estimate of drug-likeness (QED) is 0.744. The van der Waals surface area contributed by atoms with E-state index in [1.807, 2.05) is 0 Å². The first-order valence-electron chi connectivity index (χ1n) is 7.44. The number of halogens is 3. The highest BCUT2D eigenvalue weighted by Crippen LogP contribution is 2.26. The molecule has 4 nitrogen and oxygen atoms in total. The van der Waals surface area contributed by atoms with Gasteiger partial charge in [-0.05, 0) is 31.6 Å². The van der Waals surface area contributed by atoms with E-state index < -0.39 is 18.0 Å². The molecule has 0 spiro atoms. The lowest BCUT2D eigenvalue weighted by Crippen LogP contribution is -2.51. The highest BCUT2D eigenvalue weighted by molar-refractivity contribution is 5.84. The van der Waals surface area contributed by atoms with E-state index in [1.165, 1.54) is 0 Å². The molecule has 0 bridgehead atoms. The Morgan fingerprint density at radius 3 is 2.19 bits per heavy atom. The summed E-state index contributed by atoms with van der Waals surface area (Å²) >= 11 is 0. The molecular formula is C14H21F3N2O2. The van der Waals surface area contributed by atoms with E-state index in [0.29, 0.717) is 31.8 Å². The summed E-state index contributed by atoms with van der Waals surface area (Å²) in [7, 11) is 0. The number of likely N-dealkylation sites (tertiary alicyclic amines) is 2. The lowest BCUT2D eigenvalue weighted by molar-refractivity contribution is -0.187. The highest BCUT2D eigenvalue weighted by atomic mass is 19.4. The second-order valence-corrected chi connectivity index (χ2v) is 6.10. The minimum atomic E-state index is -4.86. The van der Waals surface area contributed by atoms with Crippen LogP contribution in [-0.4, -0.2) is 54.0 Å². The number of alkyl halides is 3. The molecule has 7 heteroatoms. The maximum Gasteiger partial charge on any atom is 0.471 e. The molecule has 2 fully saturated rings. The third kappa shape index (κ3) is 3.89. The smallest absolute Gasteiger partial charge is 0.342 e. The van der Waals surface area contributed by atoms with Gasteiger partial charge < -0.3 is 9.80 Å². The number of piperidine rings is 2. The minimum absolute atomic E-state index is 0.0825. The Hall–Kier alpha value is -1.27. The van der Waals surface area contributed by atoms with Gasteiger partial charge in [-0.15, -0.1) is 0 Å². The number of carbonyl (C=O) groups excluding carboxylic acids is 2. The maximum atomic E-state index is 12.5. The van der Waals surface area contributed by atoms with E-state index in [4.69, 9.17) is 0 Å². The van der Waals surface area contributed by atoms with Crippen molar-refractivity contribution in [2.24, 2.45) is 11.8 Å². The van der Waals surface area contributed by atoms with Crippen LogP contribution in [0.5, 0.6) is 0 Å². The van der Waals surface area contributed by atoms with Crippen LogP contribution in [0.1, 0.15) is 32.6 Å². The standard InChI is InChI=1S/C14H21F3N2O2/c1-10-4-7-18(8-5-10)12(20)11-3-2-6-19(9-11)13(21)14(15,16)17/h10-11H,2-9H2,1H3. The Bertz CT molecular complexity index is 404. The van der Waals surface area contributed by atoms with Gasteiger partial charge in [-0.3, -0.25) is 9.59 Å². The van der Waals surface area contributed by atoms with Gasteiger partial charge >= 0.3 is 12.1 Å². The number of amides is 2. The normalized spacial score (nSPS) is 25.0. The molecule has 0 saturated carbocycles. The van der Waals surface area contributed by atoms with Crippen molar-refractivity contribution >= 4 is 11.8 Å². The van der Waals surface area contributed by atoms with Gasteiger partial charge in [-0.25, -0.2) is 0 Å². The molecule has 0 aliphatic carbocycles. The molecule has 2 saturated heterocycles. The van der Waals surface area contributed by atoms with Gasteiger partial charge in [0.05, 0.1) is 5.92 Å². The predicted molar refractivity (Wildman–Crippen MR) is 70.3 cm³/mol. The Labute approximate surface area is 122 Å². The van der Waals surface area contributed by atoms with Gasteiger partial charge in [0.25, 0.3) is 0 Å². The third-order valence-corrected chi connectivity index (χ3v) is 4.40. The molecule has 2 aliphatic rings. The number of carbonyl (C=O) groups is 2. The molecule has 1 unspecified atom stereocenters. The summed E-state index contributed by atoms with van der Waals surface area (Å²) in [4.78, 5) is 26.2. The van der Waals surface area contributed by atoms with E-state index >= 15 is 0 Å². The van der Waals surface area contributed by atoms with Crippen molar-refractivity contribution in [3.8, 4) is 0 Å². The average Bonchev–Trinajstić information content (AvgIpc) is 2.45. The Balaban J connectivity index is 1.94. The van der Waals surface area contributed by atoms with Crippen molar-refractivity contribution in [2.75, 3.05) is 26.2 Å². The van der Waals surface area contributed by atoms with Gasteiger partial charge in [-0.1, -0.05) is 6.92 Å². The van der Waals surface area contributed by atoms with Crippen molar-refractivity contribution in [1.29, 1.82) is 0 Å². The van der Waals surface area contributed by atoms with Gasteiger partial charge in [0.1, 0.15) is 0 Å². The molecule has 0 aromatic heterocycles. The molecule has 2 amide bonds. The van der Waals surface area contributed by atoms with Crippen LogP contribution in [0.15, 0.2) is 0 Å². The molecule has 120 valence electrons. The Morgan fingerprint density at radius 2 is 1.62 bits per heavy atom. The van der Waals surface area contributed by atoms with Crippen molar-refractivity contribution in [1.82, 2.24) is 9.80 Å². The number of rotatable bonds is 1. The number of nitrogens with zero attached hydrogens (tertiary/aromatic N) is 2. The molecule has 0 radical (unpaired) electrons. The zero-order valence-corrected chi connectivity index (χ0v) is 12.2.